The minimum absolute atomic E-state index is 0.0214. The number of carbonyl (C=O) groups is 1. The van der Waals surface area contributed by atoms with E-state index in [1.165, 1.54) is 4.57 Å². The van der Waals surface area contributed by atoms with Crippen molar-refractivity contribution >= 4 is 34.5 Å². The molecule has 8 heteroatoms. The summed E-state index contributed by atoms with van der Waals surface area (Å²) in [5.41, 5.74) is 1.98. The Labute approximate surface area is 173 Å². The number of aromatic nitrogens is 3. The van der Waals surface area contributed by atoms with Gasteiger partial charge in [0.2, 0.25) is 5.91 Å². The van der Waals surface area contributed by atoms with Crippen LogP contribution >= 0.6 is 11.6 Å². The van der Waals surface area contributed by atoms with Gasteiger partial charge in [-0.3, -0.25) is 14.2 Å². The number of pyridine rings is 1. The van der Waals surface area contributed by atoms with E-state index in [0.717, 1.165) is 5.56 Å². The van der Waals surface area contributed by atoms with Crippen molar-refractivity contribution in [2.45, 2.75) is 19.4 Å². The molecule has 0 saturated carbocycles. The van der Waals surface area contributed by atoms with E-state index in [-0.39, 0.29) is 17.4 Å². The maximum absolute atomic E-state index is 12.7. The van der Waals surface area contributed by atoms with Gasteiger partial charge in [0, 0.05) is 43.8 Å². The molecule has 0 unspecified atom stereocenters. The maximum atomic E-state index is 12.7. The van der Waals surface area contributed by atoms with E-state index < -0.39 is 0 Å². The summed E-state index contributed by atoms with van der Waals surface area (Å²) >= 11 is 6.15. The van der Waals surface area contributed by atoms with E-state index in [9.17, 15) is 9.59 Å². The molecular formula is C21H22ClN5O2. The monoisotopic (exact) mass is 411 g/mol. The first kappa shape index (κ1) is 19.4. The molecule has 1 aliphatic rings. The summed E-state index contributed by atoms with van der Waals surface area (Å²) in [4.78, 5) is 36.0. The largest absolute Gasteiger partial charge is 0.352 e. The van der Waals surface area contributed by atoms with Gasteiger partial charge in [-0.05, 0) is 36.6 Å². The number of piperidine rings is 1. The molecule has 2 aromatic heterocycles. The summed E-state index contributed by atoms with van der Waals surface area (Å²) < 4.78 is 1.53. The lowest BCUT2D eigenvalue weighted by Crippen LogP contribution is -2.43. The normalized spacial score (nSPS) is 14.9. The number of nitrogens with one attached hydrogen (secondary N) is 1. The molecule has 4 rings (SSSR count). The fraction of sp³-hybridized carbons (Fsp3) is 0.333. The number of carbonyl (C=O) groups excluding carboxylic acids is 1. The highest BCUT2D eigenvalue weighted by Crippen LogP contribution is 2.22. The molecule has 1 aromatic carbocycles. The van der Waals surface area contributed by atoms with Crippen molar-refractivity contribution in [3.05, 3.63) is 63.5 Å². The van der Waals surface area contributed by atoms with E-state index in [2.05, 4.69) is 15.3 Å². The van der Waals surface area contributed by atoms with Crippen LogP contribution in [0.1, 0.15) is 18.4 Å². The summed E-state index contributed by atoms with van der Waals surface area (Å²) in [5.74, 6) is 0.357. The first-order valence-corrected chi connectivity index (χ1v) is 10.00. The molecule has 0 spiro atoms. The zero-order chi connectivity index (χ0) is 20.4. The molecule has 0 atom stereocenters. The van der Waals surface area contributed by atoms with Gasteiger partial charge in [0.15, 0.2) is 11.5 Å². The summed E-state index contributed by atoms with van der Waals surface area (Å²) in [6.45, 7) is 1.63. The van der Waals surface area contributed by atoms with Gasteiger partial charge in [-0.25, -0.2) is 9.97 Å². The summed E-state index contributed by atoms with van der Waals surface area (Å²) in [6.07, 6.45) is 2.99. The number of halogens is 1. The first-order valence-electron chi connectivity index (χ1n) is 9.62. The van der Waals surface area contributed by atoms with E-state index in [1.54, 1.807) is 19.3 Å². The number of hydrogen-bond donors (Lipinski definition) is 1. The van der Waals surface area contributed by atoms with Crippen LogP contribution < -0.4 is 15.8 Å². The molecule has 0 bridgehead atoms. The predicted octanol–water partition coefficient (Wildman–Crippen LogP) is 2.51. The third-order valence-corrected chi connectivity index (χ3v) is 5.75. The Morgan fingerprint density at radius 2 is 1.97 bits per heavy atom. The molecule has 3 aromatic rings. The highest BCUT2D eigenvalue weighted by Gasteiger charge is 2.27. The Hall–Kier alpha value is -2.93. The van der Waals surface area contributed by atoms with Gasteiger partial charge in [0.05, 0.1) is 0 Å². The van der Waals surface area contributed by atoms with Crippen LogP contribution in [0.5, 0.6) is 0 Å². The molecule has 1 N–H and O–H groups in total. The standard InChI is InChI=1S/C21H22ClN5O2/c1-26-18-17(7-4-10-23-18)25-19(21(26)29)27-11-8-14(9-12-27)20(28)24-13-15-5-2-3-6-16(15)22/h2-7,10,14H,8-9,11-13H2,1H3,(H,24,28). The quantitative estimate of drug-likeness (QED) is 0.713. The number of anilines is 1. The third-order valence-electron chi connectivity index (χ3n) is 5.38. The third kappa shape index (κ3) is 3.96. The number of aryl methyl sites for hydroxylation is 1. The van der Waals surface area contributed by atoms with E-state index in [4.69, 9.17) is 11.6 Å². The fourth-order valence-electron chi connectivity index (χ4n) is 3.67. The van der Waals surface area contributed by atoms with Crippen LogP contribution in [0.15, 0.2) is 47.4 Å². The summed E-state index contributed by atoms with van der Waals surface area (Å²) in [6, 6.07) is 11.1. The molecule has 1 fully saturated rings. The van der Waals surface area contributed by atoms with Gasteiger partial charge in [0.25, 0.3) is 5.56 Å². The van der Waals surface area contributed by atoms with E-state index >= 15 is 0 Å². The van der Waals surface area contributed by atoms with Crippen molar-refractivity contribution in [1.29, 1.82) is 0 Å². The van der Waals surface area contributed by atoms with Crippen molar-refractivity contribution < 1.29 is 4.79 Å². The molecule has 150 valence electrons. The zero-order valence-corrected chi connectivity index (χ0v) is 16.9. The summed E-state index contributed by atoms with van der Waals surface area (Å²) in [7, 11) is 1.71. The molecule has 7 nitrogen and oxygen atoms in total. The van der Waals surface area contributed by atoms with Crippen LogP contribution in [0.3, 0.4) is 0 Å². The van der Waals surface area contributed by atoms with Crippen LogP contribution in [0, 0.1) is 5.92 Å². The lowest BCUT2D eigenvalue weighted by Gasteiger charge is -2.32. The number of benzene rings is 1. The van der Waals surface area contributed by atoms with Crippen LogP contribution in [-0.4, -0.2) is 33.5 Å². The Morgan fingerprint density at radius 3 is 2.72 bits per heavy atom. The SMILES string of the molecule is Cn1c(=O)c(N2CCC(C(=O)NCc3ccccc3Cl)CC2)nc2cccnc21. The van der Waals surface area contributed by atoms with E-state index in [0.29, 0.717) is 54.5 Å². The number of amides is 1. The summed E-state index contributed by atoms with van der Waals surface area (Å²) in [5, 5.41) is 3.63. The Kier molecular flexibility index (Phi) is 5.49. The second kappa shape index (κ2) is 8.21. The Morgan fingerprint density at radius 1 is 1.21 bits per heavy atom. The van der Waals surface area contributed by atoms with Gasteiger partial charge >= 0.3 is 0 Å². The number of rotatable bonds is 4. The van der Waals surface area contributed by atoms with Crippen molar-refractivity contribution in [2.75, 3.05) is 18.0 Å². The number of nitrogens with zero attached hydrogens (tertiary/aromatic N) is 4. The van der Waals surface area contributed by atoms with Gasteiger partial charge in [-0.15, -0.1) is 0 Å². The second-order valence-electron chi connectivity index (χ2n) is 7.22. The van der Waals surface area contributed by atoms with Gasteiger partial charge in [-0.1, -0.05) is 29.8 Å². The molecule has 3 heterocycles. The van der Waals surface area contributed by atoms with Gasteiger partial charge < -0.3 is 10.2 Å². The van der Waals surface area contributed by atoms with E-state index in [1.807, 2.05) is 35.2 Å². The van der Waals surface area contributed by atoms with Crippen LogP contribution in [0.25, 0.3) is 11.2 Å². The molecule has 29 heavy (non-hydrogen) atoms. The molecule has 1 aliphatic heterocycles. The maximum Gasteiger partial charge on any atom is 0.294 e. The molecule has 0 radical (unpaired) electrons. The van der Waals surface area contributed by atoms with Crippen molar-refractivity contribution in [2.24, 2.45) is 13.0 Å². The fourth-order valence-corrected chi connectivity index (χ4v) is 3.87. The molecule has 1 saturated heterocycles. The first-order chi connectivity index (χ1) is 14.0. The number of fused-ring (bicyclic) bond motifs is 1. The average Bonchev–Trinajstić information content (AvgIpc) is 2.75. The lowest BCUT2D eigenvalue weighted by molar-refractivity contribution is -0.125. The van der Waals surface area contributed by atoms with Crippen LogP contribution in [0.2, 0.25) is 5.02 Å². The Balaban J connectivity index is 1.41. The second-order valence-corrected chi connectivity index (χ2v) is 7.62. The molecule has 0 aliphatic carbocycles. The number of hydrogen-bond acceptors (Lipinski definition) is 5. The topological polar surface area (TPSA) is 80.1 Å². The van der Waals surface area contributed by atoms with Gasteiger partial charge in [0.1, 0.15) is 5.52 Å². The van der Waals surface area contributed by atoms with Crippen LogP contribution in [-0.2, 0) is 18.4 Å². The minimum Gasteiger partial charge on any atom is -0.352 e. The Bertz CT molecular complexity index is 1110. The van der Waals surface area contributed by atoms with Crippen LogP contribution in [0.4, 0.5) is 5.82 Å². The van der Waals surface area contributed by atoms with Crippen molar-refractivity contribution in [1.82, 2.24) is 19.9 Å². The molecular weight excluding hydrogens is 390 g/mol. The van der Waals surface area contributed by atoms with Crippen molar-refractivity contribution in [3.8, 4) is 0 Å². The minimum atomic E-state index is -0.169. The molecule has 1 amide bonds. The van der Waals surface area contributed by atoms with Gasteiger partial charge in [-0.2, -0.15) is 0 Å². The zero-order valence-electron chi connectivity index (χ0n) is 16.1. The lowest BCUT2D eigenvalue weighted by atomic mass is 9.96. The average molecular weight is 412 g/mol. The highest BCUT2D eigenvalue weighted by molar-refractivity contribution is 6.31. The van der Waals surface area contributed by atoms with Crippen molar-refractivity contribution in [3.63, 3.8) is 0 Å². The highest BCUT2D eigenvalue weighted by atomic mass is 35.5. The predicted molar refractivity (Wildman–Crippen MR) is 113 cm³/mol. The smallest absolute Gasteiger partial charge is 0.294 e.